The first-order valence-electron chi connectivity index (χ1n) is 8.74. The van der Waals surface area contributed by atoms with Gasteiger partial charge in [0.2, 0.25) is 0 Å². The van der Waals surface area contributed by atoms with Crippen molar-refractivity contribution in [1.82, 2.24) is 5.32 Å². The highest BCUT2D eigenvalue weighted by atomic mass is 16.6. The van der Waals surface area contributed by atoms with Gasteiger partial charge in [0.15, 0.2) is 11.5 Å². The Hall–Kier alpha value is -2.57. The minimum Gasteiger partial charge on any atom is -0.453 e. The smallest absolute Gasteiger partial charge is 0.406 e. The standard InChI is InChI=1S/C20H29NO6/c1-19(2,3)16(22)26-14-9-8-13(10-11-21-18(24)25-7)12-15(14)27-17(23)20(4,5)6/h8-9,12H,10-11H2,1-7H3,(H,21,24). The van der Waals surface area contributed by atoms with Gasteiger partial charge in [-0.05, 0) is 65.7 Å². The van der Waals surface area contributed by atoms with E-state index < -0.39 is 28.9 Å². The molecule has 0 fully saturated rings. The van der Waals surface area contributed by atoms with Crippen LogP contribution in [-0.2, 0) is 20.7 Å². The van der Waals surface area contributed by atoms with Gasteiger partial charge < -0.3 is 19.5 Å². The number of benzene rings is 1. The third kappa shape index (κ3) is 7.29. The monoisotopic (exact) mass is 379 g/mol. The SMILES string of the molecule is COC(=O)NCCc1ccc(OC(=O)C(C)(C)C)c(OC(=O)C(C)(C)C)c1. The van der Waals surface area contributed by atoms with Crippen LogP contribution in [0.4, 0.5) is 4.79 Å². The summed E-state index contributed by atoms with van der Waals surface area (Å²) >= 11 is 0. The second-order valence-corrected chi connectivity index (χ2v) is 8.23. The molecular formula is C20H29NO6. The van der Waals surface area contributed by atoms with Crippen LogP contribution >= 0.6 is 0 Å². The lowest BCUT2D eigenvalue weighted by Gasteiger charge is -2.20. The molecule has 1 rings (SSSR count). The predicted molar refractivity (Wildman–Crippen MR) is 101 cm³/mol. The van der Waals surface area contributed by atoms with Crippen molar-refractivity contribution in [2.24, 2.45) is 10.8 Å². The molecule has 27 heavy (non-hydrogen) atoms. The van der Waals surface area contributed by atoms with Crippen LogP contribution in [0.15, 0.2) is 18.2 Å². The average Bonchev–Trinajstić information content (AvgIpc) is 2.54. The van der Waals surface area contributed by atoms with Gasteiger partial charge in [-0.2, -0.15) is 0 Å². The molecule has 0 bridgehead atoms. The van der Waals surface area contributed by atoms with Crippen LogP contribution < -0.4 is 14.8 Å². The molecule has 7 nitrogen and oxygen atoms in total. The summed E-state index contributed by atoms with van der Waals surface area (Å²) in [5.41, 5.74) is -0.610. The van der Waals surface area contributed by atoms with Crippen molar-refractivity contribution in [2.45, 2.75) is 48.0 Å². The number of carbonyl (C=O) groups is 3. The number of esters is 2. The summed E-state index contributed by atoms with van der Waals surface area (Å²) in [6.07, 6.45) is -0.0343. The van der Waals surface area contributed by atoms with E-state index in [1.165, 1.54) is 7.11 Å². The van der Waals surface area contributed by atoms with Crippen molar-refractivity contribution in [3.63, 3.8) is 0 Å². The molecule has 0 unspecified atom stereocenters. The normalized spacial score (nSPS) is 11.5. The summed E-state index contributed by atoms with van der Waals surface area (Å²) in [4.78, 5) is 35.6. The summed E-state index contributed by atoms with van der Waals surface area (Å²) in [7, 11) is 1.29. The predicted octanol–water partition coefficient (Wildman–Crippen LogP) is 3.49. The number of methoxy groups -OCH3 is 1. The molecule has 0 saturated carbocycles. The molecule has 0 aliphatic carbocycles. The van der Waals surface area contributed by atoms with Gasteiger partial charge in [0.1, 0.15) is 0 Å². The summed E-state index contributed by atoms with van der Waals surface area (Å²) < 4.78 is 15.4. The van der Waals surface area contributed by atoms with E-state index in [2.05, 4.69) is 10.1 Å². The number of rotatable bonds is 5. The fraction of sp³-hybridized carbons (Fsp3) is 0.550. The highest BCUT2D eigenvalue weighted by Crippen LogP contribution is 2.32. The molecule has 0 saturated heterocycles. The molecule has 0 aliphatic rings. The van der Waals surface area contributed by atoms with E-state index in [0.29, 0.717) is 13.0 Å². The van der Waals surface area contributed by atoms with Gasteiger partial charge in [0.05, 0.1) is 17.9 Å². The number of hydrogen-bond donors (Lipinski definition) is 1. The van der Waals surface area contributed by atoms with Gasteiger partial charge in [-0.15, -0.1) is 0 Å². The number of alkyl carbamates (subject to hydrolysis) is 1. The maximum Gasteiger partial charge on any atom is 0.406 e. The van der Waals surface area contributed by atoms with Crippen molar-refractivity contribution in [1.29, 1.82) is 0 Å². The van der Waals surface area contributed by atoms with Crippen LogP contribution in [-0.4, -0.2) is 31.7 Å². The molecular weight excluding hydrogens is 350 g/mol. The van der Waals surface area contributed by atoms with Crippen LogP contribution in [0.5, 0.6) is 11.5 Å². The van der Waals surface area contributed by atoms with Gasteiger partial charge >= 0.3 is 18.0 Å². The molecule has 150 valence electrons. The van der Waals surface area contributed by atoms with Crippen molar-refractivity contribution in [2.75, 3.05) is 13.7 Å². The number of carbonyl (C=O) groups excluding carboxylic acids is 3. The Morgan fingerprint density at radius 1 is 0.889 bits per heavy atom. The molecule has 7 heteroatoms. The van der Waals surface area contributed by atoms with Crippen LogP contribution in [0.1, 0.15) is 47.1 Å². The third-order valence-electron chi connectivity index (χ3n) is 3.51. The van der Waals surface area contributed by atoms with Gasteiger partial charge in [0, 0.05) is 6.54 Å². The lowest BCUT2D eigenvalue weighted by molar-refractivity contribution is -0.145. The van der Waals surface area contributed by atoms with E-state index in [4.69, 9.17) is 9.47 Å². The third-order valence-corrected chi connectivity index (χ3v) is 3.51. The molecule has 1 amide bonds. The molecule has 0 atom stereocenters. The Morgan fingerprint density at radius 3 is 1.89 bits per heavy atom. The zero-order valence-corrected chi connectivity index (χ0v) is 17.1. The first kappa shape index (κ1) is 22.5. The van der Waals surface area contributed by atoms with E-state index in [1.54, 1.807) is 59.7 Å². The van der Waals surface area contributed by atoms with Gasteiger partial charge in [-0.3, -0.25) is 9.59 Å². The molecule has 0 aromatic heterocycles. The van der Waals surface area contributed by atoms with Gasteiger partial charge in [-0.25, -0.2) is 4.79 Å². The Labute approximate surface area is 160 Å². The summed E-state index contributed by atoms with van der Waals surface area (Å²) in [5, 5.41) is 2.58. The number of hydrogen-bond acceptors (Lipinski definition) is 6. The number of ether oxygens (including phenoxy) is 3. The minimum atomic E-state index is -0.715. The van der Waals surface area contributed by atoms with Crippen LogP contribution in [0.2, 0.25) is 0 Å². The maximum atomic E-state index is 12.3. The van der Waals surface area contributed by atoms with E-state index in [1.807, 2.05) is 0 Å². The largest absolute Gasteiger partial charge is 0.453 e. The fourth-order valence-electron chi connectivity index (χ4n) is 1.76. The summed E-state index contributed by atoms with van der Waals surface area (Å²) in [5.74, 6) is -0.531. The van der Waals surface area contributed by atoms with Crippen LogP contribution in [0, 0.1) is 10.8 Å². The van der Waals surface area contributed by atoms with E-state index in [-0.39, 0.29) is 11.5 Å². The maximum absolute atomic E-state index is 12.3. The van der Waals surface area contributed by atoms with E-state index in [0.717, 1.165) is 5.56 Å². The van der Waals surface area contributed by atoms with Crippen LogP contribution in [0.25, 0.3) is 0 Å². The van der Waals surface area contributed by atoms with Crippen LogP contribution in [0.3, 0.4) is 0 Å². The zero-order valence-electron chi connectivity index (χ0n) is 17.1. The summed E-state index contributed by atoms with van der Waals surface area (Å²) in [6.45, 7) is 10.8. The first-order valence-corrected chi connectivity index (χ1v) is 8.74. The lowest BCUT2D eigenvalue weighted by atomic mass is 9.97. The first-order chi connectivity index (χ1) is 12.3. The highest BCUT2D eigenvalue weighted by molar-refractivity contribution is 5.81. The number of amides is 1. The second kappa shape index (κ2) is 8.88. The molecule has 1 aromatic rings. The Morgan fingerprint density at radius 2 is 1.41 bits per heavy atom. The molecule has 1 N–H and O–H groups in total. The van der Waals surface area contributed by atoms with Crippen molar-refractivity contribution in [3.8, 4) is 11.5 Å². The quantitative estimate of drug-likeness (QED) is 0.622. The fourth-order valence-corrected chi connectivity index (χ4v) is 1.76. The van der Waals surface area contributed by atoms with Gasteiger partial charge in [0.25, 0.3) is 0 Å². The Kier molecular flexibility index (Phi) is 7.39. The number of nitrogens with one attached hydrogen (secondary N) is 1. The van der Waals surface area contributed by atoms with Crippen molar-refractivity contribution < 1.29 is 28.6 Å². The molecule has 1 aromatic carbocycles. The molecule has 0 aliphatic heterocycles. The zero-order chi connectivity index (χ0) is 20.8. The molecule has 0 heterocycles. The molecule has 0 spiro atoms. The van der Waals surface area contributed by atoms with Crippen molar-refractivity contribution in [3.05, 3.63) is 23.8 Å². The minimum absolute atomic E-state index is 0.170. The lowest BCUT2D eigenvalue weighted by Crippen LogP contribution is -2.28. The average molecular weight is 379 g/mol. The Bertz CT molecular complexity index is 697. The highest BCUT2D eigenvalue weighted by Gasteiger charge is 2.28. The van der Waals surface area contributed by atoms with Crippen molar-refractivity contribution >= 4 is 18.0 Å². The van der Waals surface area contributed by atoms with Gasteiger partial charge in [-0.1, -0.05) is 6.07 Å². The topological polar surface area (TPSA) is 90.9 Å². The molecule has 0 radical (unpaired) electrons. The second-order valence-electron chi connectivity index (χ2n) is 8.23. The summed E-state index contributed by atoms with van der Waals surface area (Å²) in [6, 6.07) is 4.97. The van der Waals surface area contributed by atoms with E-state index >= 15 is 0 Å². The Balaban J connectivity index is 3.05. The van der Waals surface area contributed by atoms with E-state index in [9.17, 15) is 14.4 Å².